The van der Waals surface area contributed by atoms with Crippen LogP contribution in [0.2, 0.25) is 0 Å². The van der Waals surface area contributed by atoms with Gasteiger partial charge in [-0.25, -0.2) is 9.37 Å². The molecule has 0 unspecified atom stereocenters. The van der Waals surface area contributed by atoms with Crippen LogP contribution in [0.3, 0.4) is 0 Å². The minimum atomic E-state index is -0.620. The molecule has 27 heavy (non-hydrogen) atoms. The molecule has 0 bridgehead atoms. The molecule has 8 nitrogen and oxygen atoms in total. The van der Waals surface area contributed by atoms with Gasteiger partial charge in [-0.05, 0) is 12.1 Å². The summed E-state index contributed by atoms with van der Waals surface area (Å²) in [5, 5.41) is 35.1. The lowest BCUT2D eigenvalue weighted by atomic mass is 10.1. The molecule has 0 radical (unpaired) electrons. The van der Waals surface area contributed by atoms with E-state index in [1.807, 2.05) is 0 Å². The SMILES string of the molecule is N#Cc1c(-c2ccccn2)[n+]([O-])c2cc(F)c(N3CCOCC3)cc2[n+]1[O-]. The zero-order valence-corrected chi connectivity index (χ0v) is 14.1. The van der Waals surface area contributed by atoms with Crippen molar-refractivity contribution in [2.24, 2.45) is 0 Å². The summed E-state index contributed by atoms with van der Waals surface area (Å²) in [5.74, 6) is -0.620. The molecule has 1 aliphatic rings. The van der Waals surface area contributed by atoms with Crippen LogP contribution in [0, 0.1) is 27.6 Å². The topological polar surface area (TPSA) is 103 Å². The molecule has 0 aliphatic carbocycles. The molecule has 0 N–H and O–H groups in total. The Hall–Kier alpha value is -3.51. The molecule has 1 saturated heterocycles. The molecule has 1 fully saturated rings. The van der Waals surface area contributed by atoms with Gasteiger partial charge in [0.1, 0.15) is 5.69 Å². The average Bonchev–Trinajstić information content (AvgIpc) is 2.71. The maximum absolute atomic E-state index is 14.7. The largest absolute Gasteiger partial charge is 0.617 e. The Bertz CT molecular complexity index is 1060. The van der Waals surface area contributed by atoms with Crippen molar-refractivity contribution in [2.75, 3.05) is 31.2 Å². The molecule has 9 heteroatoms. The van der Waals surface area contributed by atoms with Crippen LogP contribution < -0.4 is 14.4 Å². The fourth-order valence-corrected chi connectivity index (χ4v) is 3.17. The van der Waals surface area contributed by atoms with Gasteiger partial charge in [-0.2, -0.15) is 9.99 Å². The van der Waals surface area contributed by atoms with Gasteiger partial charge >= 0.3 is 11.4 Å². The molecule has 0 amide bonds. The van der Waals surface area contributed by atoms with Crippen LogP contribution in [0.15, 0.2) is 36.5 Å². The van der Waals surface area contributed by atoms with Crippen LogP contribution in [-0.4, -0.2) is 31.3 Å². The third kappa shape index (κ3) is 2.76. The molecule has 3 heterocycles. The number of benzene rings is 1. The zero-order chi connectivity index (χ0) is 19.0. The predicted octanol–water partition coefficient (Wildman–Crippen LogP) is 1.02. The number of hydrogen-bond donors (Lipinski definition) is 0. The van der Waals surface area contributed by atoms with Gasteiger partial charge < -0.3 is 20.1 Å². The lowest BCUT2D eigenvalue weighted by Crippen LogP contribution is -2.44. The highest BCUT2D eigenvalue weighted by atomic mass is 19.1. The smallest absolute Gasteiger partial charge is 0.371 e. The summed E-state index contributed by atoms with van der Waals surface area (Å²) in [6, 6.07) is 8.88. The lowest BCUT2D eigenvalue weighted by molar-refractivity contribution is -0.622. The molecule has 0 atom stereocenters. The number of anilines is 1. The van der Waals surface area contributed by atoms with Crippen molar-refractivity contribution < 1.29 is 18.6 Å². The van der Waals surface area contributed by atoms with Crippen molar-refractivity contribution >= 4 is 16.7 Å². The maximum atomic E-state index is 14.7. The number of hydrogen-bond acceptors (Lipinski definition) is 6. The minimum Gasteiger partial charge on any atom is -0.617 e. The van der Waals surface area contributed by atoms with Crippen molar-refractivity contribution in [3.05, 3.63) is 58.5 Å². The molecule has 4 rings (SSSR count). The molecule has 0 saturated carbocycles. The first-order valence-electron chi connectivity index (χ1n) is 8.28. The van der Waals surface area contributed by atoms with Gasteiger partial charge in [-0.1, -0.05) is 6.07 Å². The summed E-state index contributed by atoms with van der Waals surface area (Å²) in [6.07, 6.45) is 1.44. The standard InChI is InChI=1S/C18H14FN5O3/c19-12-9-15-16(10-14(12)22-5-7-27-8-6-22)23(25)17(11-20)18(24(15)26)13-3-1-2-4-21-13/h1-4,9-10H,5-8H2. The Morgan fingerprint density at radius 1 is 1.15 bits per heavy atom. The van der Waals surface area contributed by atoms with E-state index >= 15 is 0 Å². The van der Waals surface area contributed by atoms with Gasteiger partial charge in [0.15, 0.2) is 11.9 Å². The third-order valence-electron chi connectivity index (χ3n) is 4.48. The quantitative estimate of drug-likeness (QED) is 0.495. The Morgan fingerprint density at radius 2 is 1.89 bits per heavy atom. The van der Waals surface area contributed by atoms with Crippen molar-refractivity contribution in [3.63, 3.8) is 0 Å². The van der Waals surface area contributed by atoms with E-state index in [-0.39, 0.29) is 28.1 Å². The molecule has 1 aromatic carbocycles. The summed E-state index contributed by atoms with van der Waals surface area (Å²) in [7, 11) is 0. The second-order valence-electron chi connectivity index (χ2n) is 6.00. The number of rotatable bonds is 2. The monoisotopic (exact) mass is 367 g/mol. The van der Waals surface area contributed by atoms with E-state index in [1.165, 1.54) is 18.3 Å². The number of nitriles is 1. The van der Waals surface area contributed by atoms with Crippen LogP contribution in [0.5, 0.6) is 0 Å². The molecular formula is C18H14FN5O3. The highest BCUT2D eigenvalue weighted by Crippen LogP contribution is 2.26. The fraction of sp³-hybridized carbons (Fsp3) is 0.222. The molecule has 2 aromatic heterocycles. The number of fused-ring (bicyclic) bond motifs is 1. The van der Waals surface area contributed by atoms with E-state index < -0.39 is 11.5 Å². The van der Waals surface area contributed by atoms with Gasteiger partial charge in [0.25, 0.3) is 11.0 Å². The second-order valence-corrected chi connectivity index (χ2v) is 6.00. The van der Waals surface area contributed by atoms with Crippen molar-refractivity contribution in [1.82, 2.24) is 4.98 Å². The van der Waals surface area contributed by atoms with E-state index in [0.29, 0.717) is 35.8 Å². The first kappa shape index (κ1) is 16.9. The molecule has 0 spiro atoms. The van der Waals surface area contributed by atoms with E-state index in [1.54, 1.807) is 23.1 Å². The summed E-state index contributed by atoms with van der Waals surface area (Å²) in [5.41, 5.74) is -0.490. The Kier molecular flexibility index (Phi) is 4.18. The van der Waals surface area contributed by atoms with Gasteiger partial charge in [0, 0.05) is 25.4 Å². The first-order chi connectivity index (χ1) is 13.1. The fourth-order valence-electron chi connectivity index (χ4n) is 3.17. The second kappa shape index (κ2) is 6.66. The Balaban J connectivity index is 1.99. The number of nitrogens with zero attached hydrogens (tertiary/aromatic N) is 5. The molecular weight excluding hydrogens is 353 g/mol. The van der Waals surface area contributed by atoms with Crippen molar-refractivity contribution in [3.8, 4) is 17.5 Å². The van der Waals surface area contributed by atoms with E-state index in [4.69, 9.17) is 4.74 Å². The Labute approximate surface area is 153 Å². The van der Waals surface area contributed by atoms with Gasteiger partial charge in [-0.3, -0.25) is 0 Å². The summed E-state index contributed by atoms with van der Waals surface area (Å²) >= 11 is 0. The maximum Gasteiger partial charge on any atom is 0.371 e. The molecule has 136 valence electrons. The highest BCUT2D eigenvalue weighted by Gasteiger charge is 2.32. The highest BCUT2D eigenvalue weighted by molar-refractivity contribution is 5.76. The van der Waals surface area contributed by atoms with Crippen LogP contribution >= 0.6 is 0 Å². The summed E-state index contributed by atoms with van der Waals surface area (Å²) in [6.45, 7) is 1.82. The van der Waals surface area contributed by atoms with Crippen LogP contribution in [0.25, 0.3) is 22.4 Å². The number of ether oxygens (including phenoxy) is 1. The number of pyridine rings is 1. The van der Waals surface area contributed by atoms with Crippen LogP contribution in [0.4, 0.5) is 10.1 Å². The first-order valence-corrected chi connectivity index (χ1v) is 8.28. The van der Waals surface area contributed by atoms with E-state index in [9.17, 15) is 20.1 Å². The average molecular weight is 367 g/mol. The number of aromatic nitrogens is 3. The van der Waals surface area contributed by atoms with Crippen molar-refractivity contribution in [1.29, 1.82) is 5.26 Å². The molecule has 3 aromatic rings. The van der Waals surface area contributed by atoms with Gasteiger partial charge in [0.05, 0.1) is 25.0 Å². The van der Waals surface area contributed by atoms with E-state index in [0.717, 1.165) is 6.07 Å². The minimum absolute atomic E-state index is 0.0795. The third-order valence-corrected chi connectivity index (χ3v) is 4.48. The van der Waals surface area contributed by atoms with E-state index in [2.05, 4.69) is 4.98 Å². The van der Waals surface area contributed by atoms with Crippen molar-refractivity contribution in [2.45, 2.75) is 0 Å². The predicted molar refractivity (Wildman–Crippen MR) is 92.8 cm³/mol. The summed E-state index contributed by atoms with van der Waals surface area (Å²) < 4.78 is 20.7. The van der Waals surface area contributed by atoms with Gasteiger partial charge in [-0.15, -0.1) is 4.73 Å². The lowest BCUT2D eigenvalue weighted by Gasteiger charge is -2.28. The zero-order valence-electron chi connectivity index (χ0n) is 14.1. The van der Waals surface area contributed by atoms with Crippen LogP contribution in [0.1, 0.15) is 5.69 Å². The number of halogens is 1. The molecule has 1 aliphatic heterocycles. The Morgan fingerprint density at radius 3 is 2.56 bits per heavy atom. The number of morpholine rings is 1. The van der Waals surface area contributed by atoms with Crippen LogP contribution in [-0.2, 0) is 4.74 Å². The van der Waals surface area contributed by atoms with Gasteiger partial charge in [0.2, 0.25) is 0 Å². The normalized spacial score (nSPS) is 14.3. The summed E-state index contributed by atoms with van der Waals surface area (Å²) in [4.78, 5) is 5.78.